The minimum Gasteiger partial charge on any atom is -0.481 e. The molecule has 1 N–H and O–H groups in total. The van der Waals surface area contributed by atoms with Crippen molar-refractivity contribution in [1.29, 1.82) is 0 Å². The Hall–Kier alpha value is -1.07. The van der Waals surface area contributed by atoms with Gasteiger partial charge in [-0.1, -0.05) is 18.5 Å². The van der Waals surface area contributed by atoms with Gasteiger partial charge in [0.1, 0.15) is 0 Å². The number of carboxylic acids is 1. The van der Waals surface area contributed by atoms with Gasteiger partial charge in [-0.3, -0.25) is 9.59 Å². The van der Waals surface area contributed by atoms with E-state index in [-0.39, 0.29) is 12.5 Å². The van der Waals surface area contributed by atoms with Crippen molar-refractivity contribution in [1.82, 2.24) is 4.90 Å². The van der Waals surface area contributed by atoms with Gasteiger partial charge in [-0.15, -0.1) is 0 Å². The van der Waals surface area contributed by atoms with Crippen LogP contribution in [0, 0.1) is 5.92 Å². The van der Waals surface area contributed by atoms with Crippen LogP contribution in [0.25, 0.3) is 0 Å². The summed E-state index contributed by atoms with van der Waals surface area (Å²) in [7, 11) is 1.57. The number of rotatable bonds is 4. The van der Waals surface area contributed by atoms with Gasteiger partial charge in [0.2, 0.25) is 0 Å². The SMILES string of the molecule is CC(CN(C)C(=O)c1ccc(Cl)cc1Br)C(=O)O. The molecule has 0 spiro atoms. The highest BCUT2D eigenvalue weighted by atomic mass is 79.9. The number of carbonyl (C=O) groups is 2. The lowest BCUT2D eigenvalue weighted by atomic mass is 10.1. The van der Waals surface area contributed by atoms with Crippen molar-refractivity contribution in [2.24, 2.45) is 5.92 Å². The molecule has 18 heavy (non-hydrogen) atoms. The number of carboxylic acid groups (broad SMARTS) is 1. The summed E-state index contributed by atoms with van der Waals surface area (Å²) in [5, 5.41) is 9.34. The maximum absolute atomic E-state index is 12.1. The standard InChI is InChI=1S/C12H13BrClNO3/c1-7(12(17)18)6-15(2)11(16)9-4-3-8(14)5-10(9)13/h3-5,7H,6H2,1-2H3,(H,17,18). The van der Waals surface area contributed by atoms with E-state index >= 15 is 0 Å². The average molecular weight is 335 g/mol. The first-order chi connectivity index (χ1) is 8.32. The van der Waals surface area contributed by atoms with E-state index in [0.717, 1.165) is 0 Å². The van der Waals surface area contributed by atoms with Gasteiger partial charge < -0.3 is 10.0 Å². The molecule has 98 valence electrons. The van der Waals surface area contributed by atoms with Crippen molar-refractivity contribution < 1.29 is 14.7 Å². The minimum atomic E-state index is -0.926. The highest BCUT2D eigenvalue weighted by molar-refractivity contribution is 9.10. The molecule has 0 bridgehead atoms. The van der Waals surface area contributed by atoms with Gasteiger partial charge in [0.25, 0.3) is 5.91 Å². The number of aliphatic carboxylic acids is 1. The van der Waals surface area contributed by atoms with E-state index in [0.29, 0.717) is 15.1 Å². The molecule has 0 aliphatic heterocycles. The van der Waals surface area contributed by atoms with Gasteiger partial charge in [-0.05, 0) is 34.1 Å². The van der Waals surface area contributed by atoms with Crippen LogP contribution in [-0.2, 0) is 4.79 Å². The second-order valence-corrected chi connectivity index (χ2v) is 5.34. The van der Waals surface area contributed by atoms with E-state index in [2.05, 4.69) is 15.9 Å². The molecular formula is C12H13BrClNO3. The second kappa shape index (κ2) is 6.20. The molecule has 6 heteroatoms. The zero-order valence-electron chi connectivity index (χ0n) is 9.98. The predicted molar refractivity (Wildman–Crippen MR) is 72.9 cm³/mol. The smallest absolute Gasteiger partial charge is 0.308 e. The fourth-order valence-corrected chi connectivity index (χ4v) is 2.29. The number of nitrogens with zero attached hydrogens (tertiary/aromatic N) is 1. The normalized spacial score (nSPS) is 12.0. The Bertz CT molecular complexity index is 478. The molecule has 1 unspecified atom stereocenters. The van der Waals surface area contributed by atoms with Crippen molar-refractivity contribution in [2.75, 3.05) is 13.6 Å². The summed E-state index contributed by atoms with van der Waals surface area (Å²) in [6.45, 7) is 1.71. The molecular weight excluding hydrogens is 321 g/mol. The average Bonchev–Trinajstić information content (AvgIpc) is 2.27. The minimum absolute atomic E-state index is 0.156. The first-order valence-corrected chi connectivity index (χ1v) is 6.43. The van der Waals surface area contributed by atoms with Gasteiger partial charge in [-0.25, -0.2) is 0 Å². The first-order valence-electron chi connectivity index (χ1n) is 5.26. The van der Waals surface area contributed by atoms with Crippen molar-refractivity contribution in [3.63, 3.8) is 0 Å². The summed E-state index contributed by atoms with van der Waals surface area (Å²) < 4.78 is 0.592. The summed E-state index contributed by atoms with van der Waals surface area (Å²) in [4.78, 5) is 24.2. The zero-order valence-corrected chi connectivity index (χ0v) is 12.3. The number of halogens is 2. The van der Waals surface area contributed by atoms with Crippen molar-refractivity contribution in [2.45, 2.75) is 6.92 Å². The molecule has 0 saturated heterocycles. The van der Waals surface area contributed by atoms with E-state index in [1.165, 1.54) is 4.90 Å². The Morgan fingerprint density at radius 3 is 2.61 bits per heavy atom. The van der Waals surface area contributed by atoms with Crippen LogP contribution in [0.5, 0.6) is 0 Å². The van der Waals surface area contributed by atoms with E-state index in [1.807, 2.05) is 0 Å². The van der Waals surface area contributed by atoms with Gasteiger partial charge >= 0.3 is 5.97 Å². The van der Waals surface area contributed by atoms with Crippen LogP contribution in [-0.4, -0.2) is 35.5 Å². The van der Waals surface area contributed by atoms with Crippen molar-refractivity contribution in [3.8, 4) is 0 Å². The highest BCUT2D eigenvalue weighted by Gasteiger charge is 2.20. The third kappa shape index (κ3) is 3.71. The van der Waals surface area contributed by atoms with E-state index < -0.39 is 11.9 Å². The van der Waals surface area contributed by atoms with Crippen LogP contribution in [0.4, 0.5) is 0 Å². The maximum Gasteiger partial charge on any atom is 0.308 e. The van der Waals surface area contributed by atoms with E-state index in [1.54, 1.807) is 32.2 Å². The van der Waals surface area contributed by atoms with Crippen LogP contribution < -0.4 is 0 Å². The third-order valence-corrected chi connectivity index (χ3v) is 3.37. The van der Waals surface area contributed by atoms with Gasteiger partial charge in [-0.2, -0.15) is 0 Å². The Labute approximate surface area is 119 Å². The second-order valence-electron chi connectivity index (χ2n) is 4.05. The van der Waals surface area contributed by atoms with Gasteiger partial charge in [0.05, 0.1) is 11.5 Å². The first kappa shape index (κ1) is 15.0. The van der Waals surface area contributed by atoms with E-state index in [9.17, 15) is 9.59 Å². The molecule has 1 aromatic rings. The number of hydrogen-bond acceptors (Lipinski definition) is 2. The third-order valence-electron chi connectivity index (χ3n) is 2.48. The van der Waals surface area contributed by atoms with Crippen LogP contribution in [0.1, 0.15) is 17.3 Å². The lowest BCUT2D eigenvalue weighted by Gasteiger charge is -2.20. The van der Waals surface area contributed by atoms with Crippen LogP contribution in [0.3, 0.4) is 0 Å². The monoisotopic (exact) mass is 333 g/mol. The maximum atomic E-state index is 12.1. The Morgan fingerprint density at radius 1 is 1.50 bits per heavy atom. The fourth-order valence-electron chi connectivity index (χ4n) is 1.44. The topological polar surface area (TPSA) is 57.6 Å². The molecule has 1 amide bonds. The molecule has 0 saturated carbocycles. The lowest BCUT2D eigenvalue weighted by Crippen LogP contribution is -2.33. The summed E-state index contributed by atoms with van der Waals surface area (Å²) in [6, 6.07) is 4.86. The molecule has 0 aliphatic carbocycles. The van der Waals surface area contributed by atoms with E-state index in [4.69, 9.17) is 16.7 Å². The highest BCUT2D eigenvalue weighted by Crippen LogP contribution is 2.22. The summed E-state index contributed by atoms with van der Waals surface area (Å²) in [5.41, 5.74) is 0.458. The number of hydrogen-bond donors (Lipinski definition) is 1. The molecule has 0 radical (unpaired) electrons. The van der Waals surface area contributed by atoms with Crippen molar-refractivity contribution in [3.05, 3.63) is 33.3 Å². The largest absolute Gasteiger partial charge is 0.481 e. The predicted octanol–water partition coefficient (Wildman–Crippen LogP) is 2.90. The lowest BCUT2D eigenvalue weighted by molar-refractivity contribution is -0.141. The molecule has 4 nitrogen and oxygen atoms in total. The van der Waals surface area contributed by atoms with Crippen molar-refractivity contribution >= 4 is 39.4 Å². The molecule has 0 heterocycles. The quantitative estimate of drug-likeness (QED) is 0.921. The Kier molecular flexibility index (Phi) is 5.16. The Morgan fingerprint density at radius 2 is 2.11 bits per heavy atom. The molecule has 1 rings (SSSR count). The summed E-state index contributed by atoms with van der Waals surface area (Å²) in [5.74, 6) is -1.78. The zero-order chi connectivity index (χ0) is 13.9. The van der Waals surface area contributed by atoms with Gasteiger partial charge in [0, 0.05) is 23.1 Å². The van der Waals surface area contributed by atoms with Crippen LogP contribution in [0.15, 0.2) is 22.7 Å². The molecule has 0 fully saturated rings. The number of benzene rings is 1. The summed E-state index contributed by atoms with van der Waals surface area (Å²) >= 11 is 9.06. The van der Waals surface area contributed by atoms with Gasteiger partial charge in [0.15, 0.2) is 0 Å². The molecule has 0 aliphatic rings. The number of carbonyl (C=O) groups excluding carboxylic acids is 1. The summed E-state index contributed by atoms with van der Waals surface area (Å²) in [6.07, 6.45) is 0. The fraction of sp³-hybridized carbons (Fsp3) is 0.333. The molecule has 0 aromatic heterocycles. The molecule has 1 aromatic carbocycles. The number of amides is 1. The van der Waals surface area contributed by atoms with Crippen LogP contribution in [0.2, 0.25) is 5.02 Å². The molecule has 1 atom stereocenters. The Balaban J connectivity index is 2.83. The van der Waals surface area contributed by atoms with Crippen LogP contribution >= 0.6 is 27.5 Å².